The molecule has 104 valence electrons. The molecule has 0 saturated carbocycles. The lowest BCUT2D eigenvalue weighted by atomic mass is 10.1. The number of nitrogens with one attached hydrogen (secondary N) is 1. The Morgan fingerprint density at radius 1 is 1.47 bits per heavy atom. The fraction of sp³-hybridized carbons (Fsp3) is 0.455. The molecule has 1 aromatic rings. The summed E-state index contributed by atoms with van der Waals surface area (Å²) in [6, 6.07) is 4.42. The second kappa shape index (κ2) is 5.34. The van der Waals surface area contributed by atoms with Gasteiger partial charge in [-0.15, -0.1) is 0 Å². The number of para-hydroxylation sites is 1. The van der Waals surface area contributed by atoms with Gasteiger partial charge in [-0.25, -0.2) is 8.42 Å². The first kappa shape index (κ1) is 14.1. The lowest BCUT2D eigenvalue weighted by Gasteiger charge is -2.12. The van der Waals surface area contributed by atoms with E-state index in [1.54, 1.807) is 6.07 Å². The van der Waals surface area contributed by atoms with Gasteiger partial charge in [0.1, 0.15) is 5.69 Å². The van der Waals surface area contributed by atoms with Gasteiger partial charge in [-0.2, -0.15) is 0 Å². The maximum Gasteiger partial charge on any atom is 0.293 e. The Hall–Kier alpha value is -1.34. The summed E-state index contributed by atoms with van der Waals surface area (Å²) in [4.78, 5) is 10.4. The average Bonchev–Trinajstić information content (AvgIpc) is 2.67. The van der Waals surface area contributed by atoms with E-state index in [4.69, 9.17) is 11.6 Å². The van der Waals surface area contributed by atoms with E-state index in [2.05, 4.69) is 5.32 Å². The molecule has 1 aliphatic heterocycles. The average molecular weight is 305 g/mol. The van der Waals surface area contributed by atoms with E-state index in [0.717, 1.165) is 0 Å². The Bertz CT molecular complexity index is 603. The van der Waals surface area contributed by atoms with Gasteiger partial charge >= 0.3 is 0 Å². The predicted molar refractivity (Wildman–Crippen MR) is 73.4 cm³/mol. The number of sulfone groups is 1. The van der Waals surface area contributed by atoms with Crippen molar-refractivity contribution in [2.45, 2.75) is 6.42 Å². The molecule has 19 heavy (non-hydrogen) atoms. The van der Waals surface area contributed by atoms with Crippen LogP contribution in [0.3, 0.4) is 0 Å². The van der Waals surface area contributed by atoms with Crippen molar-refractivity contribution in [1.29, 1.82) is 0 Å². The second-order valence-electron chi connectivity index (χ2n) is 4.54. The van der Waals surface area contributed by atoms with Crippen molar-refractivity contribution >= 4 is 32.8 Å². The zero-order chi connectivity index (χ0) is 14.0. The lowest BCUT2D eigenvalue weighted by molar-refractivity contribution is -0.383. The Morgan fingerprint density at radius 3 is 2.79 bits per heavy atom. The molecule has 8 heteroatoms. The SMILES string of the molecule is O=[N+]([O-])c1cccc(Cl)c1NCC1CCS(=O)(=O)C1. The van der Waals surface area contributed by atoms with Crippen LogP contribution in [-0.2, 0) is 9.84 Å². The van der Waals surface area contributed by atoms with Crippen LogP contribution in [0.4, 0.5) is 11.4 Å². The van der Waals surface area contributed by atoms with Gasteiger partial charge in [0.2, 0.25) is 0 Å². The number of nitro groups is 1. The van der Waals surface area contributed by atoms with Gasteiger partial charge in [0.05, 0.1) is 21.5 Å². The molecule has 1 atom stereocenters. The fourth-order valence-electron chi connectivity index (χ4n) is 2.12. The number of anilines is 1. The van der Waals surface area contributed by atoms with E-state index < -0.39 is 14.8 Å². The first-order valence-electron chi connectivity index (χ1n) is 5.76. The number of nitrogens with zero attached hydrogens (tertiary/aromatic N) is 1. The highest BCUT2D eigenvalue weighted by molar-refractivity contribution is 7.91. The molecule has 1 aliphatic rings. The maximum atomic E-state index is 11.3. The van der Waals surface area contributed by atoms with Crippen LogP contribution in [0.5, 0.6) is 0 Å². The summed E-state index contributed by atoms with van der Waals surface area (Å²) in [5.74, 6) is 0.281. The molecular weight excluding hydrogens is 292 g/mol. The molecule has 1 heterocycles. The van der Waals surface area contributed by atoms with Crippen molar-refractivity contribution in [3.8, 4) is 0 Å². The number of nitro benzene ring substituents is 1. The minimum atomic E-state index is -2.94. The number of benzene rings is 1. The number of hydrogen-bond acceptors (Lipinski definition) is 5. The summed E-state index contributed by atoms with van der Waals surface area (Å²) in [6.07, 6.45) is 0.577. The summed E-state index contributed by atoms with van der Waals surface area (Å²) in [5, 5.41) is 14.0. The van der Waals surface area contributed by atoms with Crippen LogP contribution in [-0.4, -0.2) is 31.4 Å². The summed E-state index contributed by atoms with van der Waals surface area (Å²) in [7, 11) is -2.94. The van der Waals surface area contributed by atoms with Gasteiger partial charge in [-0.1, -0.05) is 17.7 Å². The van der Waals surface area contributed by atoms with Crippen molar-refractivity contribution in [2.75, 3.05) is 23.4 Å². The van der Waals surface area contributed by atoms with E-state index in [9.17, 15) is 18.5 Å². The Kier molecular flexibility index (Phi) is 3.96. The van der Waals surface area contributed by atoms with Gasteiger partial charge in [-0.3, -0.25) is 10.1 Å². The maximum absolute atomic E-state index is 11.3. The highest BCUT2D eigenvalue weighted by Gasteiger charge is 2.28. The first-order chi connectivity index (χ1) is 8.89. The molecule has 0 spiro atoms. The van der Waals surface area contributed by atoms with Gasteiger partial charge in [0.15, 0.2) is 9.84 Å². The zero-order valence-corrected chi connectivity index (χ0v) is 11.6. The van der Waals surface area contributed by atoms with Crippen LogP contribution in [0, 0.1) is 16.0 Å². The lowest BCUT2D eigenvalue weighted by Crippen LogP contribution is -2.16. The molecule has 6 nitrogen and oxygen atoms in total. The molecule has 1 unspecified atom stereocenters. The van der Waals surface area contributed by atoms with Crippen molar-refractivity contribution in [3.63, 3.8) is 0 Å². The molecule has 2 rings (SSSR count). The van der Waals surface area contributed by atoms with Crippen molar-refractivity contribution in [2.24, 2.45) is 5.92 Å². The number of rotatable bonds is 4. The normalized spacial score (nSPS) is 21.2. The molecule has 0 aliphatic carbocycles. The monoisotopic (exact) mass is 304 g/mol. The fourth-order valence-corrected chi connectivity index (χ4v) is 4.22. The van der Waals surface area contributed by atoms with E-state index in [-0.39, 0.29) is 33.8 Å². The van der Waals surface area contributed by atoms with E-state index in [1.165, 1.54) is 12.1 Å². The molecule has 1 aromatic carbocycles. The highest BCUT2D eigenvalue weighted by atomic mass is 35.5. The molecule has 0 aromatic heterocycles. The molecule has 1 N–H and O–H groups in total. The van der Waals surface area contributed by atoms with Gasteiger partial charge in [0, 0.05) is 12.6 Å². The van der Waals surface area contributed by atoms with Crippen LogP contribution < -0.4 is 5.32 Å². The van der Waals surface area contributed by atoms with Gasteiger partial charge < -0.3 is 5.32 Å². The van der Waals surface area contributed by atoms with Crippen LogP contribution in [0.25, 0.3) is 0 Å². The zero-order valence-electron chi connectivity index (χ0n) is 10.0. The Balaban J connectivity index is 2.10. The minimum absolute atomic E-state index is 0.0270. The van der Waals surface area contributed by atoms with Crippen LogP contribution in [0.2, 0.25) is 5.02 Å². The van der Waals surface area contributed by atoms with Gasteiger partial charge in [-0.05, 0) is 18.4 Å². The minimum Gasteiger partial charge on any atom is -0.378 e. The van der Waals surface area contributed by atoms with Crippen LogP contribution in [0.15, 0.2) is 18.2 Å². The third kappa shape index (κ3) is 3.36. The van der Waals surface area contributed by atoms with Crippen LogP contribution in [0.1, 0.15) is 6.42 Å². The van der Waals surface area contributed by atoms with Crippen molar-refractivity contribution in [3.05, 3.63) is 33.3 Å². The standard InChI is InChI=1S/C11H13ClN2O4S/c12-9-2-1-3-10(14(15)16)11(9)13-6-8-4-5-19(17,18)7-8/h1-3,8,13H,4-7H2. The molecule has 1 saturated heterocycles. The first-order valence-corrected chi connectivity index (χ1v) is 7.96. The topological polar surface area (TPSA) is 89.3 Å². The van der Waals surface area contributed by atoms with Gasteiger partial charge in [0.25, 0.3) is 5.69 Å². The quantitative estimate of drug-likeness (QED) is 0.679. The summed E-state index contributed by atoms with van der Waals surface area (Å²) in [5.41, 5.74) is 0.145. The summed E-state index contributed by atoms with van der Waals surface area (Å²) < 4.78 is 22.7. The number of hydrogen-bond donors (Lipinski definition) is 1. The van der Waals surface area contributed by atoms with Crippen molar-refractivity contribution in [1.82, 2.24) is 0 Å². The molecule has 0 radical (unpaired) electrons. The highest BCUT2D eigenvalue weighted by Crippen LogP contribution is 2.32. The summed E-state index contributed by atoms with van der Waals surface area (Å²) >= 11 is 5.93. The third-order valence-electron chi connectivity index (χ3n) is 3.08. The summed E-state index contributed by atoms with van der Waals surface area (Å²) in [6.45, 7) is 0.365. The molecule has 1 fully saturated rings. The molecular formula is C11H13ClN2O4S. The third-order valence-corrected chi connectivity index (χ3v) is 5.23. The smallest absolute Gasteiger partial charge is 0.293 e. The Morgan fingerprint density at radius 2 is 2.21 bits per heavy atom. The second-order valence-corrected chi connectivity index (χ2v) is 7.18. The Labute approximate surface area is 115 Å². The van der Waals surface area contributed by atoms with E-state index in [1.807, 2.05) is 0 Å². The molecule has 0 bridgehead atoms. The van der Waals surface area contributed by atoms with E-state index >= 15 is 0 Å². The number of halogens is 1. The van der Waals surface area contributed by atoms with E-state index in [0.29, 0.717) is 13.0 Å². The van der Waals surface area contributed by atoms with Crippen molar-refractivity contribution < 1.29 is 13.3 Å². The molecule has 0 amide bonds. The van der Waals surface area contributed by atoms with Crippen LogP contribution >= 0.6 is 11.6 Å². The largest absolute Gasteiger partial charge is 0.378 e. The predicted octanol–water partition coefficient (Wildman–Crippen LogP) is 2.09.